The van der Waals surface area contributed by atoms with Crippen LogP contribution in [0.5, 0.6) is 0 Å². The molecule has 0 aliphatic carbocycles. The summed E-state index contributed by atoms with van der Waals surface area (Å²) in [5, 5.41) is 17.2. The summed E-state index contributed by atoms with van der Waals surface area (Å²) in [5.41, 5.74) is 1.84. The van der Waals surface area contributed by atoms with Gasteiger partial charge in [-0.05, 0) is 35.9 Å². The first kappa shape index (κ1) is 15.1. The summed E-state index contributed by atoms with van der Waals surface area (Å²) in [7, 11) is 0. The van der Waals surface area contributed by atoms with E-state index in [1.165, 1.54) is 0 Å². The van der Waals surface area contributed by atoms with Crippen LogP contribution < -0.4 is 0 Å². The van der Waals surface area contributed by atoms with Crippen LogP contribution in [0.15, 0.2) is 53.4 Å². The number of nitrogens with zero attached hydrogens (tertiary/aromatic N) is 2. The number of rotatable bonds is 5. The summed E-state index contributed by atoms with van der Waals surface area (Å²) in [6.45, 7) is 0.0373. The van der Waals surface area contributed by atoms with E-state index in [4.69, 9.17) is 11.6 Å². The van der Waals surface area contributed by atoms with Gasteiger partial charge in [-0.1, -0.05) is 29.8 Å². The van der Waals surface area contributed by atoms with Crippen molar-refractivity contribution in [3.8, 4) is 11.4 Å². The van der Waals surface area contributed by atoms with Gasteiger partial charge in [0.05, 0.1) is 12.4 Å². The maximum absolute atomic E-state index is 9.33. The van der Waals surface area contributed by atoms with Gasteiger partial charge in [0.1, 0.15) is 5.82 Å². The monoisotopic (exact) mass is 331 g/mol. The Morgan fingerprint density at radius 1 is 1.09 bits per heavy atom. The number of H-pyrrole nitrogens is 1. The Balaban J connectivity index is 1.71. The van der Waals surface area contributed by atoms with Crippen molar-refractivity contribution in [3.63, 3.8) is 0 Å². The number of aromatic nitrogens is 3. The molecule has 3 rings (SSSR count). The van der Waals surface area contributed by atoms with E-state index in [0.717, 1.165) is 21.8 Å². The first-order valence-corrected chi connectivity index (χ1v) is 8.11. The summed E-state index contributed by atoms with van der Waals surface area (Å²) < 4.78 is 0. The minimum atomic E-state index is 0.0373. The maximum atomic E-state index is 9.33. The van der Waals surface area contributed by atoms with Crippen molar-refractivity contribution < 1.29 is 5.11 Å². The molecule has 0 unspecified atom stereocenters. The molecule has 0 saturated carbocycles. The Hall–Kier alpha value is -1.82. The fraction of sp³-hybridized carbons (Fsp3) is 0.125. The van der Waals surface area contributed by atoms with E-state index in [1.807, 2.05) is 48.5 Å². The molecular formula is C16H14ClN3OS. The molecule has 1 heterocycles. The predicted molar refractivity (Wildman–Crippen MR) is 88.8 cm³/mol. The van der Waals surface area contributed by atoms with Gasteiger partial charge in [-0.3, -0.25) is 5.10 Å². The number of aromatic amines is 1. The van der Waals surface area contributed by atoms with Crippen molar-refractivity contribution >= 4 is 23.4 Å². The van der Waals surface area contributed by atoms with Crippen LogP contribution in [0, 0.1) is 0 Å². The second-order valence-corrected chi connectivity index (χ2v) is 6.12. The molecule has 0 spiro atoms. The Morgan fingerprint density at radius 2 is 1.86 bits per heavy atom. The van der Waals surface area contributed by atoms with Crippen LogP contribution in [-0.2, 0) is 12.4 Å². The van der Waals surface area contributed by atoms with Crippen LogP contribution in [0.3, 0.4) is 0 Å². The molecule has 3 aromatic rings. The predicted octanol–water partition coefficient (Wildman–Crippen LogP) is 3.91. The first-order valence-electron chi connectivity index (χ1n) is 6.75. The SMILES string of the molecule is OCc1ccccc1SCc1nc(-c2ccc(Cl)cc2)n[nH]1. The van der Waals surface area contributed by atoms with Gasteiger partial charge in [0.25, 0.3) is 0 Å². The molecule has 0 bridgehead atoms. The van der Waals surface area contributed by atoms with E-state index >= 15 is 0 Å². The van der Waals surface area contributed by atoms with Crippen molar-refractivity contribution in [3.05, 3.63) is 64.9 Å². The highest BCUT2D eigenvalue weighted by molar-refractivity contribution is 7.98. The highest BCUT2D eigenvalue weighted by Gasteiger charge is 2.08. The molecule has 0 amide bonds. The van der Waals surface area contributed by atoms with Gasteiger partial charge in [-0.15, -0.1) is 11.8 Å². The zero-order valence-corrected chi connectivity index (χ0v) is 13.2. The molecule has 1 aromatic heterocycles. The average Bonchev–Trinajstić information content (AvgIpc) is 3.03. The summed E-state index contributed by atoms with van der Waals surface area (Å²) >= 11 is 7.50. The lowest BCUT2D eigenvalue weighted by Gasteiger charge is -2.04. The van der Waals surface area contributed by atoms with Crippen molar-refractivity contribution in [1.82, 2.24) is 15.2 Å². The quantitative estimate of drug-likeness (QED) is 0.696. The molecule has 4 nitrogen and oxygen atoms in total. The maximum Gasteiger partial charge on any atom is 0.181 e. The lowest BCUT2D eigenvalue weighted by molar-refractivity contribution is 0.279. The Labute approximate surface area is 137 Å². The molecule has 2 N–H and O–H groups in total. The van der Waals surface area contributed by atoms with Crippen LogP contribution in [-0.4, -0.2) is 20.3 Å². The minimum absolute atomic E-state index is 0.0373. The highest BCUT2D eigenvalue weighted by Crippen LogP contribution is 2.26. The molecule has 0 aliphatic heterocycles. The van der Waals surface area contributed by atoms with E-state index in [2.05, 4.69) is 15.2 Å². The third-order valence-electron chi connectivity index (χ3n) is 3.14. The lowest BCUT2D eigenvalue weighted by Crippen LogP contribution is -1.89. The number of hydrogen-bond donors (Lipinski definition) is 2. The largest absolute Gasteiger partial charge is 0.392 e. The van der Waals surface area contributed by atoms with Crippen LogP contribution in [0.4, 0.5) is 0 Å². The van der Waals surface area contributed by atoms with E-state index in [-0.39, 0.29) is 6.61 Å². The summed E-state index contributed by atoms with van der Waals surface area (Å²) in [6.07, 6.45) is 0. The summed E-state index contributed by atoms with van der Waals surface area (Å²) in [4.78, 5) is 5.54. The molecular weight excluding hydrogens is 318 g/mol. The molecule has 0 fully saturated rings. The minimum Gasteiger partial charge on any atom is -0.392 e. The van der Waals surface area contributed by atoms with Gasteiger partial charge in [0, 0.05) is 15.5 Å². The van der Waals surface area contributed by atoms with Crippen LogP contribution >= 0.6 is 23.4 Å². The van der Waals surface area contributed by atoms with Crippen molar-refractivity contribution in [2.24, 2.45) is 0 Å². The van der Waals surface area contributed by atoms with E-state index < -0.39 is 0 Å². The van der Waals surface area contributed by atoms with Gasteiger partial charge in [-0.25, -0.2) is 4.98 Å². The molecule has 2 aromatic carbocycles. The Kier molecular flexibility index (Phi) is 4.77. The third kappa shape index (κ3) is 3.50. The molecule has 0 atom stereocenters. The summed E-state index contributed by atoms with van der Waals surface area (Å²) in [5.74, 6) is 2.11. The van der Waals surface area contributed by atoms with Gasteiger partial charge < -0.3 is 5.11 Å². The Bertz CT molecular complexity index is 758. The Morgan fingerprint density at radius 3 is 2.64 bits per heavy atom. The number of benzene rings is 2. The van der Waals surface area contributed by atoms with Gasteiger partial charge in [0.15, 0.2) is 5.82 Å². The standard InChI is InChI=1S/C16H14ClN3OS/c17-13-7-5-11(6-8-13)16-18-15(19-20-16)10-22-14-4-2-1-3-12(14)9-21/h1-8,21H,9-10H2,(H,18,19,20). The number of nitrogens with one attached hydrogen (secondary N) is 1. The summed E-state index contributed by atoms with van der Waals surface area (Å²) in [6, 6.07) is 15.2. The zero-order valence-electron chi connectivity index (χ0n) is 11.7. The van der Waals surface area contributed by atoms with Crippen LogP contribution in [0.25, 0.3) is 11.4 Å². The second-order valence-electron chi connectivity index (χ2n) is 4.67. The first-order chi connectivity index (χ1) is 10.8. The van der Waals surface area contributed by atoms with Crippen molar-refractivity contribution in [2.75, 3.05) is 0 Å². The molecule has 22 heavy (non-hydrogen) atoms. The second kappa shape index (κ2) is 6.96. The van der Waals surface area contributed by atoms with Gasteiger partial charge in [0.2, 0.25) is 0 Å². The molecule has 0 aliphatic rings. The number of aliphatic hydroxyl groups is 1. The fourth-order valence-corrected chi connectivity index (χ4v) is 3.05. The average molecular weight is 332 g/mol. The zero-order chi connectivity index (χ0) is 15.4. The van der Waals surface area contributed by atoms with Gasteiger partial charge in [-0.2, -0.15) is 5.10 Å². The topological polar surface area (TPSA) is 61.8 Å². The number of aliphatic hydroxyl groups excluding tert-OH is 1. The smallest absolute Gasteiger partial charge is 0.181 e. The fourth-order valence-electron chi connectivity index (χ4n) is 2.01. The molecule has 6 heteroatoms. The number of hydrogen-bond acceptors (Lipinski definition) is 4. The lowest BCUT2D eigenvalue weighted by atomic mass is 10.2. The van der Waals surface area contributed by atoms with Crippen molar-refractivity contribution in [2.45, 2.75) is 17.3 Å². The van der Waals surface area contributed by atoms with Gasteiger partial charge >= 0.3 is 0 Å². The molecule has 112 valence electrons. The molecule has 0 radical (unpaired) electrons. The van der Waals surface area contributed by atoms with E-state index in [1.54, 1.807) is 11.8 Å². The van der Waals surface area contributed by atoms with E-state index in [0.29, 0.717) is 16.6 Å². The van der Waals surface area contributed by atoms with Crippen LogP contribution in [0.2, 0.25) is 5.02 Å². The number of halogens is 1. The normalized spacial score (nSPS) is 10.8. The number of thioether (sulfide) groups is 1. The van der Waals surface area contributed by atoms with Crippen molar-refractivity contribution in [1.29, 1.82) is 0 Å². The molecule has 0 saturated heterocycles. The van der Waals surface area contributed by atoms with Crippen LogP contribution in [0.1, 0.15) is 11.4 Å². The third-order valence-corrected chi connectivity index (χ3v) is 4.52. The highest BCUT2D eigenvalue weighted by atomic mass is 35.5. The van der Waals surface area contributed by atoms with E-state index in [9.17, 15) is 5.11 Å².